The van der Waals surface area contributed by atoms with Gasteiger partial charge in [0.15, 0.2) is 0 Å². The van der Waals surface area contributed by atoms with Crippen LogP contribution in [0, 0.1) is 5.82 Å². The molecule has 1 fully saturated rings. The smallest absolute Gasteiger partial charge is 0.227 e. The number of β-amino-alcohol motifs (C(OH)–C–C–N with tert-alkyl or cyclic N) is 1. The molecule has 31 heavy (non-hydrogen) atoms. The van der Waals surface area contributed by atoms with Gasteiger partial charge >= 0.3 is 0 Å². The van der Waals surface area contributed by atoms with E-state index in [1.54, 1.807) is 19.2 Å². The Morgan fingerprint density at radius 1 is 1.23 bits per heavy atom. The van der Waals surface area contributed by atoms with Gasteiger partial charge in [0.2, 0.25) is 5.91 Å². The van der Waals surface area contributed by atoms with Gasteiger partial charge in [-0.15, -0.1) is 0 Å². The van der Waals surface area contributed by atoms with Crippen molar-refractivity contribution >= 4 is 11.6 Å². The van der Waals surface area contributed by atoms with E-state index in [0.29, 0.717) is 36.4 Å². The number of aliphatic hydroxyl groups excluding tert-OH is 1. The van der Waals surface area contributed by atoms with E-state index in [4.69, 9.17) is 9.47 Å². The maximum Gasteiger partial charge on any atom is 0.227 e. The minimum Gasteiger partial charge on any atom is -0.497 e. The Bertz CT molecular complexity index is 952. The zero-order chi connectivity index (χ0) is 22.0. The Balaban J connectivity index is 1.59. The highest BCUT2D eigenvalue weighted by atomic mass is 19.1. The van der Waals surface area contributed by atoms with Crippen LogP contribution in [-0.4, -0.2) is 54.6 Å². The molecule has 7 nitrogen and oxygen atoms in total. The zero-order valence-electron chi connectivity index (χ0n) is 17.4. The number of halogens is 1. The lowest BCUT2D eigenvalue weighted by atomic mass is 9.90. The lowest BCUT2D eigenvalue weighted by Gasteiger charge is -2.37. The first-order valence-corrected chi connectivity index (χ1v) is 10.4. The monoisotopic (exact) mass is 430 g/mol. The number of rotatable bonds is 6. The van der Waals surface area contributed by atoms with Crippen LogP contribution in [0.1, 0.15) is 24.0 Å². The van der Waals surface area contributed by atoms with Gasteiger partial charge < -0.3 is 29.9 Å². The van der Waals surface area contributed by atoms with E-state index >= 15 is 0 Å². The van der Waals surface area contributed by atoms with E-state index in [2.05, 4.69) is 5.32 Å². The van der Waals surface area contributed by atoms with Crippen LogP contribution in [-0.2, 0) is 17.8 Å². The summed E-state index contributed by atoms with van der Waals surface area (Å²) in [4.78, 5) is 14.1. The van der Waals surface area contributed by atoms with E-state index in [-0.39, 0.29) is 37.7 Å². The molecule has 0 spiro atoms. The number of nitrogens with zero attached hydrogens (tertiary/aromatic N) is 1. The summed E-state index contributed by atoms with van der Waals surface area (Å²) in [5, 5.41) is 23.9. The highest BCUT2D eigenvalue weighted by Gasteiger charge is 2.39. The number of hydrogen-bond acceptors (Lipinski definition) is 6. The molecule has 3 N–H and O–H groups in total. The molecule has 166 valence electrons. The number of nitrogens with one attached hydrogen (secondary N) is 1. The molecular weight excluding hydrogens is 403 g/mol. The number of methoxy groups -OCH3 is 1. The molecular formula is C23H27FN2O5. The van der Waals surface area contributed by atoms with Crippen molar-refractivity contribution in [3.63, 3.8) is 0 Å². The molecule has 1 amide bonds. The number of amides is 1. The van der Waals surface area contributed by atoms with Crippen molar-refractivity contribution in [1.82, 2.24) is 5.32 Å². The highest BCUT2D eigenvalue weighted by molar-refractivity contribution is 5.97. The Labute approximate surface area is 180 Å². The number of ether oxygens (including phenoxy) is 2. The Morgan fingerprint density at radius 3 is 2.71 bits per heavy atom. The molecule has 0 saturated carbocycles. The highest BCUT2D eigenvalue weighted by Crippen LogP contribution is 2.38. The fraction of sp³-hybridized carbons (Fsp3) is 0.435. The first kappa shape index (κ1) is 21.5. The number of hydrogen-bond donors (Lipinski definition) is 3. The average Bonchev–Trinajstić information content (AvgIpc) is 2.78. The molecule has 0 bridgehead atoms. The predicted molar refractivity (Wildman–Crippen MR) is 113 cm³/mol. The Hall–Kier alpha value is -2.68. The second-order valence-electron chi connectivity index (χ2n) is 8.06. The quantitative estimate of drug-likeness (QED) is 0.647. The van der Waals surface area contributed by atoms with Gasteiger partial charge in [0.1, 0.15) is 29.5 Å². The van der Waals surface area contributed by atoms with E-state index in [1.165, 1.54) is 17.0 Å². The summed E-state index contributed by atoms with van der Waals surface area (Å²) < 4.78 is 25.9. The van der Waals surface area contributed by atoms with Gasteiger partial charge in [-0.3, -0.25) is 4.79 Å². The average molecular weight is 430 g/mol. The topological polar surface area (TPSA) is 91.3 Å². The van der Waals surface area contributed by atoms with Crippen LogP contribution in [0.25, 0.3) is 0 Å². The SMILES string of the molecule is COc1ccc(CN2C(=O)CCc3c(OC[C@@]4(O)CCNC[C@@H]4O)ccc(F)c32)cc1. The number of benzene rings is 2. The molecule has 0 aliphatic carbocycles. The summed E-state index contributed by atoms with van der Waals surface area (Å²) >= 11 is 0. The van der Waals surface area contributed by atoms with Gasteiger partial charge in [-0.1, -0.05) is 12.1 Å². The predicted octanol–water partition coefficient (Wildman–Crippen LogP) is 1.78. The molecule has 0 unspecified atom stereocenters. The molecule has 2 aliphatic rings. The second-order valence-corrected chi connectivity index (χ2v) is 8.06. The molecule has 2 aromatic rings. The number of carbonyl (C=O) groups is 1. The van der Waals surface area contributed by atoms with Crippen LogP contribution in [0.5, 0.6) is 11.5 Å². The third-order valence-corrected chi connectivity index (χ3v) is 6.02. The number of anilines is 1. The first-order chi connectivity index (χ1) is 14.9. The second kappa shape index (κ2) is 8.82. The largest absolute Gasteiger partial charge is 0.497 e. The summed E-state index contributed by atoms with van der Waals surface area (Å²) in [6.07, 6.45) is -0.0202. The van der Waals surface area contributed by atoms with Crippen LogP contribution < -0.4 is 19.7 Å². The van der Waals surface area contributed by atoms with Crippen molar-refractivity contribution in [1.29, 1.82) is 0 Å². The standard InChI is InChI=1S/C23H27FN2O5/c1-30-16-4-2-15(3-5-16)13-26-21(28)9-6-17-19(8-7-18(24)22(17)26)31-14-23(29)10-11-25-12-20(23)27/h2-5,7-8,20,25,27,29H,6,9-14H2,1H3/t20-,23-/m0/s1. The van der Waals surface area contributed by atoms with Gasteiger partial charge in [-0.2, -0.15) is 0 Å². The van der Waals surface area contributed by atoms with Crippen LogP contribution in [0.2, 0.25) is 0 Å². The van der Waals surface area contributed by atoms with Crippen LogP contribution in [0.3, 0.4) is 0 Å². The number of carbonyl (C=O) groups excluding carboxylic acids is 1. The molecule has 2 heterocycles. The minimum atomic E-state index is -1.38. The summed E-state index contributed by atoms with van der Waals surface area (Å²) in [5.41, 5.74) is 0.280. The fourth-order valence-electron chi connectivity index (χ4n) is 4.10. The normalized spacial score (nSPS) is 23.4. The molecule has 2 aromatic carbocycles. The summed E-state index contributed by atoms with van der Waals surface area (Å²) in [6.45, 7) is 0.971. The maximum absolute atomic E-state index is 14.9. The molecule has 4 rings (SSSR count). The van der Waals surface area contributed by atoms with E-state index in [0.717, 1.165) is 5.56 Å². The van der Waals surface area contributed by atoms with Crippen molar-refractivity contribution in [2.24, 2.45) is 0 Å². The zero-order valence-corrected chi connectivity index (χ0v) is 17.4. The van der Waals surface area contributed by atoms with E-state index < -0.39 is 17.5 Å². The Morgan fingerprint density at radius 2 is 2.00 bits per heavy atom. The molecule has 2 aliphatic heterocycles. The van der Waals surface area contributed by atoms with Crippen molar-refractivity contribution in [2.75, 3.05) is 31.7 Å². The van der Waals surface area contributed by atoms with Crippen molar-refractivity contribution < 1.29 is 28.9 Å². The third kappa shape index (κ3) is 4.37. The van der Waals surface area contributed by atoms with Crippen LogP contribution >= 0.6 is 0 Å². The molecule has 1 saturated heterocycles. The summed E-state index contributed by atoms with van der Waals surface area (Å²) in [5.74, 6) is 0.466. The van der Waals surface area contributed by atoms with Gasteiger partial charge in [0.05, 0.1) is 25.4 Å². The van der Waals surface area contributed by atoms with Crippen molar-refractivity contribution in [2.45, 2.75) is 37.5 Å². The summed E-state index contributed by atoms with van der Waals surface area (Å²) in [6, 6.07) is 10.1. The first-order valence-electron chi connectivity index (χ1n) is 10.4. The molecule has 2 atom stereocenters. The van der Waals surface area contributed by atoms with E-state index in [1.807, 2.05) is 12.1 Å². The summed E-state index contributed by atoms with van der Waals surface area (Å²) in [7, 11) is 1.58. The fourth-order valence-corrected chi connectivity index (χ4v) is 4.10. The van der Waals surface area contributed by atoms with Crippen molar-refractivity contribution in [3.05, 3.63) is 53.3 Å². The van der Waals surface area contributed by atoms with Gasteiger partial charge in [-0.05, 0) is 49.2 Å². The van der Waals surface area contributed by atoms with Gasteiger partial charge in [0.25, 0.3) is 0 Å². The Kier molecular flexibility index (Phi) is 6.13. The lowest BCUT2D eigenvalue weighted by Crippen LogP contribution is -2.57. The van der Waals surface area contributed by atoms with Gasteiger partial charge in [-0.25, -0.2) is 4.39 Å². The molecule has 0 aromatic heterocycles. The number of fused-ring (bicyclic) bond motifs is 1. The maximum atomic E-state index is 14.9. The molecule has 0 radical (unpaired) electrons. The minimum absolute atomic E-state index is 0.111. The van der Waals surface area contributed by atoms with Crippen LogP contribution in [0.4, 0.5) is 10.1 Å². The number of aliphatic hydroxyl groups is 2. The van der Waals surface area contributed by atoms with Crippen LogP contribution in [0.15, 0.2) is 36.4 Å². The third-order valence-electron chi connectivity index (χ3n) is 6.02. The lowest BCUT2D eigenvalue weighted by molar-refractivity contribution is -0.119. The molecule has 8 heteroatoms. The van der Waals surface area contributed by atoms with E-state index in [9.17, 15) is 19.4 Å². The number of piperidine rings is 1. The van der Waals surface area contributed by atoms with Gasteiger partial charge in [0, 0.05) is 18.5 Å². The van der Waals surface area contributed by atoms with Crippen molar-refractivity contribution in [3.8, 4) is 11.5 Å².